The number of hydrogen-bond acceptors (Lipinski definition) is 4. The summed E-state index contributed by atoms with van der Waals surface area (Å²) in [7, 11) is 0. The first-order chi connectivity index (χ1) is 10.5. The van der Waals surface area contributed by atoms with Crippen molar-refractivity contribution < 1.29 is 4.79 Å². The molecule has 0 saturated carbocycles. The highest BCUT2D eigenvalue weighted by atomic mass is 16.2. The van der Waals surface area contributed by atoms with Gasteiger partial charge in [-0.3, -0.25) is 4.79 Å². The number of aromatic nitrogens is 2. The normalized spacial score (nSPS) is 10.4. The van der Waals surface area contributed by atoms with Crippen LogP contribution in [0.5, 0.6) is 0 Å². The number of anilines is 2. The Morgan fingerprint density at radius 2 is 1.86 bits per heavy atom. The number of rotatable bonds is 5. The monoisotopic (exact) mass is 298 g/mol. The molecule has 0 spiro atoms. The molecule has 1 amide bonds. The van der Waals surface area contributed by atoms with Gasteiger partial charge in [0.1, 0.15) is 17.8 Å². The molecule has 116 valence electrons. The zero-order valence-corrected chi connectivity index (χ0v) is 13.6. The van der Waals surface area contributed by atoms with Crippen LogP contribution in [-0.2, 0) is 0 Å². The van der Waals surface area contributed by atoms with Crippen LogP contribution in [0.1, 0.15) is 35.5 Å². The van der Waals surface area contributed by atoms with Gasteiger partial charge in [-0.1, -0.05) is 12.1 Å². The molecule has 0 aliphatic carbocycles. The van der Waals surface area contributed by atoms with Crippen LogP contribution in [0.2, 0.25) is 0 Å². The number of carbonyl (C=O) groups excluding carboxylic acids is 1. The lowest BCUT2D eigenvalue weighted by Gasteiger charge is -2.18. The zero-order valence-electron chi connectivity index (χ0n) is 13.6. The Morgan fingerprint density at radius 1 is 1.14 bits per heavy atom. The third-order valence-electron chi connectivity index (χ3n) is 3.59. The quantitative estimate of drug-likeness (QED) is 0.920. The largest absolute Gasteiger partial charge is 0.340 e. The molecule has 0 atom stereocenters. The Balaban J connectivity index is 2.25. The van der Waals surface area contributed by atoms with Gasteiger partial charge in [0.05, 0.1) is 0 Å². The molecule has 0 unspecified atom stereocenters. The van der Waals surface area contributed by atoms with Gasteiger partial charge in [-0.2, -0.15) is 0 Å². The van der Waals surface area contributed by atoms with E-state index in [-0.39, 0.29) is 5.91 Å². The lowest BCUT2D eigenvalue weighted by Crippen LogP contribution is -2.31. The van der Waals surface area contributed by atoms with Crippen LogP contribution in [0, 0.1) is 13.8 Å². The average Bonchev–Trinajstić information content (AvgIpc) is 2.52. The molecule has 5 heteroatoms. The molecule has 1 N–H and O–H groups in total. The highest BCUT2D eigenvalue weighted by molar-refractivity contribution is 5.93. The maximum absolute atomic E-state index is 12.3. The lowest BCUT2D eigenvalue weighted by atomic mass is 10.1. The third-order valence-corrected chi connectivity index (χ3v) is 3.59. The van der Waals surface area contributed by atoms with E-state index in [0.29, 0.717) is 24.6 Å². The van der Waals surface area contributed by atoms with E-state index in [0.717, 1.165) is 11.3 Å². The number of benzene rings is 1. The SMILES string of the molecule is CCN(CC)C(=O)c1cc(Nc2cc(C)ccc2C)ncn1. The smallest absolute Gasteiger partial charge is 0.272 e. The molecule has 22 heavy (non-hydrogen) atoms. The zero-order chi connectivity index (χ0) is 16.1. The van der Waals surface area contributed by atoms with Gasteiger partial charge in [0.15, 0.2) is 0 Å². The second-order valence-electron chi connectivity index (χ2n) is 5.21. The molecule has 2 aromatic rings. The van der Waals surface area contributed by atoms with Gasteiger partial charge in [0.25, 0.3) is 5.91 Å². The van der Waals surface area contributed by atoms with Crippen molar-refractivity contribution >= 4 is 17.4 Å². The van der Waals surface area contributed by atoms with Gasteiger partial charge in [-0.25, -0.2) is 9.97 Å². The molecule has 1 heterocycles. The Kier molecular flexibility index (Phi) is 5.09. The first-order valence-electron chi connectivity index (χ1n) is 7.50. The summed E-state index contributed by atoms with van der Waals surface area (Å²) >= 11 is 0. The van der Waals surface area contributed by atoms with E-state index in [1.165, 1.54) is 11.9 Å². The second kappa shape index (κ2) is 7.02. The van der Waals surface area contributed by atoms with Crippen molar-refractivity contribution in [2.75, 3.05) is 18.4 Å². The molecule has 1 aromatic heterocycles. The van der Waals surface area contributed by atoms with Crippen LogP contribution in [0.15, 0.2) is 30.6 Å². The molecular weight excluding hydrogens is 276 g/mol. The minimum Gasteiger partial charge on any atom is -0.340 e. The Morgan fingerprint density at radius 3 is 2.55 bits per heavy atom. The summed E-state index contributed by atoms with van der Waals surface area (Å²) in [5, 5.41) is 3.26. The standard InChI is InChI=1S/C17H22N4O/c1-5-21(6-2)17(22)15-10-16(19-11-18-15)20-14-9-12(3)7-8-13(14)4/h7-11H,5-6H2,1-4H3,(H,18,19,20). The topological polar surface area (TPSA) is 58.1 Å². The fraction of sp³-hybridized carbons (Fsp3) is 0.353. The van der Waals surface area contributed by atoms with Gasteiger partial charge in [0.2, 0.25) is 0 Å². The Labute approximate surface area is 131 Å². The highest BCUT2D eigenvalue weighted by Gasteiger charge is 2.14. The van der Waals surface area contributed by atoms with Crippen molar-refractivity contribution in [3.05, 3.63) is 47.4 Å². The molecule has 5 nitrogen and oxygen atoms in total. The van der Waals surface area contributed by atoms with Gasteiger partial charge in [-0.15, -0.1) is 0 Å². The Bertz CT molecular complexity index is 665. The van der Waals surface area contributed by atoms with E-state index in [1.807, 2.05) is 27.7 Å². The molecular formula is C17H22N4O. The van der Waals surface area contributed by atoms with Crippen LogP contribution in [0.25, 0.3) is 0 Å². The van der Waals surface area contributed by atoms with Crippen molar-refractivity contribution in [2.45, 2.75) is 27.7 Å². The van der Waals surface area contributed by atoms with Crippen molar-refractivity contribution in [1.29, 1.82) is 0 Å². The van der Waals surface area contributed by atoms with Gasteiger partial charge in [0, 0.05) is 24.8 Å². The molecule has 0 saturated heterocycles. The number of carbonyl (C=O) groups is 1. The molecule has 0 aliphatic rings. The third kappa shape index (κ3) is 3.61. The predicted octanol–water partition coefficient (Wildman–Crippen LogP) is 3.32. The number of amides is 1. The van der Waals surface area contributed by atoms with Crippen molar-refractivity contribution in [1.82, 2.24) is 14.9 Å². The lowest BCUT2D eigenvalue weighted by molar-refractivity contribution is 0.0767. The summed E-state index contributed by atoms with van der Waals surface area (Å²) in [4.78, 5) is 22.4. The number of hydrogen-bond donors (Lipinski definition) is 1. The van der Waals surface area contributed by atoms with E-state index < -0.39 is 0 Å². The molecule has 2 rings (SSSR count). The second-order valence-corrected chi connectivity index (χ2v) is 5.21. The van der Waals surface area contributed by atoms with E-state index in [2.05, 4.69) is 33.5 Å². The van der Waals surface area contributed by atoms with Crippen molar-refractivity contribution in [3.63, 3.8) is 0 Å². The fourth-order valence-corrected chi connectivity index (χ4v) is 2.22. The minimum atomic E-state index is -0.0728. The maximum Gasteiger partial charge on any atom is 0.272 e. The van der Waals surface area contributed by atoms with Gasteiger partial charge >= 0.3 is 0 Å². The molecule has 0 aliphatic heterocycles. The van der Waals surface area contributed by atoms with Crippen LogP contribution in [0.4, 0.5) is 11.5 Å². The summed E-state index contributed by atoms with van der Waals surface area (Å²) < 4.78 is 0. The maximum atomic E-state index is 12.3. The van der Waals surface area contributed by atoms with Gasteiger partial charge < -0.3 is 10.2 Å². The number of aryl methyl sites for hydroxylation is 2. The highest BCUT2D eigenvalue weighted by Crippen LogP contribution is 2.20. The first-order valence-corrected chi connectivity index (χ1v) is 7.50. The van der Waals surface area contributed by atoms with Crippen LogP contribution < -0.4 is 5.32 Å². The molecule has 0 fully saturated rings. The molecule has 1 aromatic carbocycles. The number of nitrogens with zero attached hydrogens (tertiary/aromatic N) is 3. The van der Waals surface area contributed by atoms with Crippen LogP contribution in [0.3, 0.4) is 0 Å². The molecule has 0 radical (unpaired) electrons. The summed E-state index contributed by atoms with van der Waals surface area (Å²) in [5.74, 6) is 0.552. The summed E-state index contributed by atoms with van der Waals surface area (Å²) in [6.45, 7) is 9.32. The summed E-state index contributed by atoms with van der Waals surface area (Å²) in [5.41, 5.74) is 3.69. The van der Waals surface area contributed by atoms with Gasteiger partial charge in [-0.05, 0) is 44.9 Å². The predicted molar refractivity (Wildman–Crippen MR) is 88.5 cm³/mol. The first kappa shape index (κ1) is 15.9. The van der Waals surface area contributed by atoms with E-state index >= 15 is 0 Å². The summed E-state index contributed by atoms with van der Waals surface area (Å²) in [6, 6.07) is 7.88. The fourth-order valence-electron chi connectivity index (χ4n) is 2.22. The van der Waals surface area contributed by atoms with Crippen molar-refractivity contribution in [3.8, 4) is 0 Å². The van der Waals surface area contributed by atoms with E-state index in [9.17, 15) is 4.79 Å². The number of nitrogens with one attached hydrogen (secondary N) is 1. The van der Waals surface area contributed by atoms with E-state index in [4.69, 9.17) is 0 Å². The van der Waals surface area contributed by atoms with E-state index in [1.54, 1.807) is 11.0 Å². The van der Waals surface area contributed by atoms with Crippen LogP contribution in [-0.4, -0.2) is 33.9 Å². The summed E-state index contributed by atoms with van der Waals surface area (Å²) in [6.07, 6.45) is 1.42. The minimum absolute atomic E-state index is 0.0728. The molecule has 0 bridgehead atoms. The average molecular weight is 298 g/mol. The van der Waals surface area contributed by atoms with Crippen LogP contribution >= 0.6 is 0 Å². The van der Waals surface area contributed by atoms with Crippen molar-refractivity contribution in [2.24, 2.45) is 0 Å². The Hall–Kier alpha value is -2.43.